The maximum Gasteiger partial charge on any atom is 0.324 e. The molecule has 1 aromatic carbocycles. The van der Waals surface area contributed by atoms with Crippen molar-refractivity contribution in [1.29, 1.82) is 0 Å². The number of hydrogen-bond acceptors (Lipinski definition) is 4. The molecule has 0 N–H and O–H groups in total. The lowest BCUT2D eigenvalue weighted by Crippen LogP contribution is -2.21. The molecular formula is C11H10ClF2NO4. The third-order valence-corrected chi connectivity index (χ3v) is 2.59. The number of nitrogens with zero attached hydrogens (tertiary/aromatic N) is 1. The van der Waals surface area contributed by atoms with Crippen molar-refractivity contribution in [3.8, 4) is 0 Å². The van der Waals surface area contributed by atoms with Gasteiger partial charge in [-0.15, -0.1) is 11.6 Å². The number of nitro benzene ring substituents is 1. The predicted molar refractivity (Wildman–Crippen MR) is 63.0 cm³/mol. The van der Waals surface area contributed by atoms with Gasteiger partial charge >= 0.3 is 5.97 Å². The Bertz CT molecular complexity index is 510. The minimum Gasteiger partial charge on any atom is -0.465 e. The molecule has 0 aliphatic carbocycles. The maximum atomic E-state index is 13.5. The molecule has 19 heavy (non-hydrogen) atoms. The number of benzene rings is 1. The summed E-state index contributed by atoms with van der Waals surface area (Å²) in [5.74, 6) is -3.01. The van der Waals surface area contributed by atoms with Crippen molar-refractivity contribution >= 4 is 23.3 Å². The molecule has 0 bridgehead atoms. The van der Waals surface area contributed by atoms with Crippen LogP contribution in [0.2, 0.25) is 0 Å². The molecule has 1 aromatic rings. The Kier molecular flexibility index (Phi) is 5.17. The highest BCUT2D eigenvalue weighted by atomic mass is 35.5. The van der Waals surface area contributed by atoms with Gasteiger partial charge in [0.1, 0.15) is 17.0 Å². The molecule has 0 aliphatic rings. The van der Waals surface area contributed by atoms with Crippen LogP contribution in [-0.4, -0.2) is 22.9 Å². The van der Waals surface area contributed by atoms with Crippen LogP contribution >= 0.6 is 11.6 Å². The quantitative estimate of drug-likeness (QED) is 0.362. The second kappa shape index (κ2) is 6.42. The number of hydrogen-bond donors (Lipinski definition) is 0. The summed E-state index contributed by atoms with van der Waals surface area (Å²) in [5.41, 5.74) is -1.19. The Morgan fingerprint density at radius 1 is 1.53 bits per heavy atom. The van der Waals surface area contributed by atoms with E-state index in [9.17, 15) is 23.7 Å². The molecule has 0 amide bonds. The Balaban J connectivity index is 3.06. The second-order valence-electron chi connectivity index (χ2n) is 3.57. The van der Waals surface area contributed by atoms with E-state index >= 15 is 0 Å². The van der Waals surface area contributed by atoms with Gasteiger partial charge in [-0.25, -0.2) is 8.78 Å². The first-order valence-corrected chi connectivity index (χ1v) is 5.73. The first-order valence-electron chi connectivity index (χ1n) is 5.29. The lowest BCUT2D eigenvalue weighted by atomic mass is 10.1. The number of esters is 1. The molecule has 0 spiro atoms. The van der Waals surface area contributed by atoms with E-state index in [1.54, 1.807) is 6.92 Å². The Hall–Kier alpha value is -1.76. The largest absolute Gasteiger partial charge is 0.465 e. The molecule has 0 saturated heterocycles. The monoisotopic (exact) mass is 293 g/mol. The fraction of sp³-hybridized carbons (Fsp3) is 0.364. The van der Waals surface area contributed by atoms with Gasteiger partial charge in [-0.1, -0.05) is 0 Å². The molecule has 5 nitrogen and oxygen atoms in total. The van der Waals surface area contributed by atoms with Crippen LogP contribution in [0, 0.1) is 21.7 Å². The van der Waals surface area contributed by atoms with Crippen LogP contribution in [0.4, 0.5) is 14.5 Å². The first-order chi connectivity index (χ1) is 8.86. The summed E-state index contributed by atoms with van der Waals surface area (Å²) in [6.07, 6.45) is -0.456. The van der Waals surface area contributed by atoms with E-state index in [4.69, 9.17) is 11.6 Å². The summed E-state index contributed by atoms with van der Waals surface area (Å²) in [7, 11) is 0. The molecule has 8 heteroatoms. The van der Waals surface area contributed by atoms with Gasteiger partial charge in [0.2, 0.25) is 0 Å². The van der Waals surface area contributed by atoms with Gasteiger partial charge in [0.25, 0.3) is 5.69 Å². The number of alkyl halides is 1. The van der Waals surface area contributed by atoms with Gasteiger partial charge in [-0.3, -0.25) is 14.9 Å². The topological polar surface area (TPSA) is 69.4 Å². The smallest absolute Gasteiger partial charge is 0.324 e. The van der Waals surface area contributed by atoms with E-state index < -0.39 is 45.6 Å². The van der Waals surface area contributed by atoms with Crippen molar-refractivity contribution in [2.75, 3.05) is 6.61 Å². The van der Waals surface area contributed by atoms with Crippen LogP contribution in [0.25, 0.3) is 0 Å². The van der Waals surface area contributed by atoms with Gasteiger partial charge in [-0.05, 0) is 6.92 Å². The number of halogens is 3. The zero-order valence-electron chi connectivity index (χ0n) is 9.86. The second-order valence-corrected chi connectivity index (χ2v) is 4.09. The Morgan fingerprint density at radius 2 is 2.16 bits per heavy atom. The summed E-state index contributed by atoms with van der Waals surface area (Å²) in [5, 5.41) is 9.44. The molecule has 0 aromatic heterocycles. The fourth-order valence-electron chi connectivity index (χ4n) is 1.45. The maximum absolute atomic E-state index is 13.5. The van der Waals surface area contributed by atoms with Gasteiger partial charge < -0.3 is 4.74 Å². The van der Waals surface area contributed by atoms with Crippen molar-refractivity contribution in [3.63, 3.8) is 0 Å². The lowest BCUT2D eigenvalue weighted by Gasteiger charge is -2.09. The number of rotatable bonds is 5. The number of nitro groups is 1. The van der Waals surface area contributed by atoms with Gasteiger partial charge in [-0.2, -0.15) is 0 Å². The van der Waals surface area contributed by atoms with Crippen LogP contribution in [0.1, 0.15) is 12.5 Å². The van der Waals surface area contributed by atoms with Crippen LogP contribution in [0.15, 0.2) is 12.1 Å². The molecule has 1 rings (SSSR count). The van der Waals surface area contributed by atoms with Crippen LogP contribution in [0.5, 0.6) is 0 Å². The van der Waals surface area contributed by atoms with E-state index in [0.717, 1.165) is 0 Å². The lowest BCUT2D eigenvalue weighted by molar-refractivity contribution is -0.385. The zero-order valence-corrected chi connectivity index (χ0v) is 10.6. The van der Waals surface area contributed by atoms with Crippen molar-refractivity contribution in [2.45, 2.75) is 18.7 Å². The minimum absolute atomic E-state index is 0.0794. The molecule has 0 fully saturated rings. The molecule has 0 aliphatic heterocycles. The predicted octanol–water partition coefficient (Wildman–Crippen LogP) is 2.59. The standard InChI is InChI=1S/C11H10ClF2NO4/c1-2-19-11(16)8(12)5-7-9(14)3-6(13)4-10(7)15(17)18/h3-4,8H,2,5H2,1H3. The van der Waals surface area contributed by atoms with Gasteiger partial charge in [0, 0.05) is 12.5 Å². The van der Waals surface area contributed by atoms with E-state index in [-0.39, 0.29) is 6.61 Å². The SMILES string of the molecule is CCOC(=O)C(Cl)Cc1c(F)cc(F)cc1[N+](=O)[O-]. The van der Waals surface area contributed by atoms with E-state index in [1.807, 2.05) is 0 Å². The zero-order chi connectivity index (χ0) is 14.6. The van der Waals surface area contributed by atoms with E-state index in [1.165, 1.54) is 0 Å². The average molecular weight is 294 g/mol. The number of carbonyl (C=O) groups is 1. The number of ether oxygens (including phenoxy) is 1. The first kappa shape index (κ1) is 15.3. The fourth-order valence-corrected chi connectivity index (χ4v) is 1.67. The van der Waals surface area contributed by atoms with Crippen molar-refractivity contribution < 1.29 is 23.2 Å². The summed E-state index contributed by atoms with van der Waals surface area (Å²) in [6.45, 7) is 1.64. The van der Waals surface area contributed by atoms with E-state index in [0.29, 0.717) is 12.1 Å². The van der Waals surface area contributed by atoms with Crippen molar-refractivity contribution in [3.05, 3.63) is 39.4 Å². The molecule has 0 saturated carbocycles. The minimum atomic E-state index is -1.28. The normalized spacial score (nSPS) is 12.0. The van der Waals surface area contributed by atoms with Crippen LogP contribution in [0.3, 0.4) is 0 Å². The highest BCUT2D eigenvalue weighted by molar-refractivity contribution is 6.30. The van der Waals surface area contributed by atoms with Gasteiger partial charge in [0.15, 0.2) is 0 Å². The molecule has 0 radical (unpaired) electrons. The molecule has 1 unspecified atom stereocenters. The summed E-state index contributed by atoms with van der Waals surface area (Å²) in [6, 6.07) is 1.07. The summed E-state index contributed by atoms with van der Waals surface area (Å²) < 4.78 is 31.0. The van der Waals surface area contributed by atoms with Crippen LogP contribution < -0.4 is 0 Å². The Labute approximate surface area is 112 Å². The summed E-state index contributed by atoms with van der Waals surface area (Å²) in [4.78, 5) is 21.1. The van der Waals surface area contributed by atoms with Gasteiger partial charge in [0.05, 0.1) is 23.2 Å². The number of carbonyl (C=O) groups excluding carboxylic acids is 1. The van der Waals surface area contributed by atoms with Crippen molar-refractivity contribution in [1.82, 2.24) is 0 Å². The highest BCUT2D eigenvalue weighted by Crippen LogP contribution is 2.26. The summed E-state index contributed by atoms with van der Waals surface area (Å²) >= 11 is 5.68. The molecule has 104 valence electrons. The molecular weight excluding hydrogens is 284 g/mol. The Morgan fingerprint density at radius 3 is 2.68 bits per heavy atom. The van der Waals surface area contributed by atoms with Crippen LogP contribution in [-0.2, 0) is 16.0 Å². The highest BCUT2D eigenvalue weighted by Gasteiger charge is 2.26. The average Bonchev–Trinajstić information content (AvgIpc) is 2.32. The third kappa shape index (κ3) is 3.85. The molecule has 1 atom stereocenters. The molecule has 0 heterocycles. The van der Waals surface area contributed by atoms with Crippen molar-refractivity contribution in [2.24, 2.45) is 0 Å². The van der Waals surface area contributed by atoms with E-state index in [2.05, 4.69) is 4.74 Å². The third-order valence-electron chi connectivity index (χ3n) is 2.26.